The summed E-state index contributed by atoms with van der Waals surface area (Å²) < 4.78 is 2.28. The zero-order chi connectivity index (χ0) is 13.2. The number of hydrogen-bond donors (Lipinski definition) is 1. The summed E-state index contributed by atoms with van der Waals surface area (Å²) in [7, 11) is 0. The van der Waals surface area contributed by atoms with Crippen molar-refractivity contribution in [2.75, 3.05) is 5.73 Å². The standard InChI is InChI=1S/C14H18N4S/c1-10-11(15)5-4-6-12(10)19-9-14-17-16-13-7-2-3-8-18(13)14/h4-6H,2-3,7-9,15H2,1H3. The maximum Gasteiger partial charge on any atom is 0.143 e. The predicted octanol–water partition coefficient (Wildman–Crippen LogP) is 2.80. The lowest BCUT2D eigenvalue weighted by atomic mass is 10.2. The molecule has 0 saturated heterocycles. The van der Waals surface area contributed by atoms with Gasteiger partial charge >= 0.3 is 0 Å². The number of thioether (sulfide) groups is 1. The van der Waals surface area contributed by atoms with Crippen molar-refractivity contribution in [1.82, 2.24) is 14.8 Å². The van der Waals surface area contributed by atoms with Crippen LogP contribution in [0.15, 0.2) is 23.1 Å². The second kappa shape index (κ2) is 5.25. The van der Waals surface area contributed by atoms with Crippen LogP contribution in [0.3, 0.4) is 0 Å². The number of nitrogen functional groups attached to an aromatic ring is 1. The lowest BCUT2D eigenvalue weighted by molar-refractivity contribution is 0.513. The molecule has 0 fully saturated rings. The molecule has 0 bridgehead atoms. The number of nitrogens with zero attached hydrogens (tertiary/aromatic N) is 3. The summed E-state index contributed by atoms with van der Waals surface area (Å²) in [5, 5.41) is 8.61. The highest BCUT2D eigenvalue weighted by Crippen LogP contribution is 2.29. The van der Waals surface area contributed by atoms with Gasteiger partial charge in [0.1, 0.15) is 11.6 Å². The van der Waals surface area contributed by atoms with Crippen LogP contribution < -0.4 is 5.73 Å². The van der Waals surface area contributed by atoms with Crippen LogP contribution in [0.25, 0.3) is 0 Å². The minimum absolute atomic E-state index is 0.855. The number of hydrogen-bond acceptors (Lipinski definition) is 4. The topological polar surface area (TPSA) is 56.7 Å². The van der Waals surface area contributed by atoms with Crippen molar-refractivity contribution in [3.8, 4) is 0 Å². The van der Waals surface area contributed by atoms with E-state index in [4.69, 9.17) is 5.73 Å². The number of anilines is 1. The van der Waals surface area contributed by atoms with Crippen LogP contribution in [0.2, 0.25) is 0 Å². The first-order valence-corrected chi connectivity index (χ1v) is 7.63. The van der Waals surface area contributed by atoms with E-state index in [-0.39, 0.29) is 0 Å². The Morgan fingerprint density at radius 2 is 2.21 bits per heavy atom. The zero-order valence-corrected chi connectivity index (χ0v) is 11.9. The van der Waals surface area contributed by atoms with Gasteiger partial charge in [-0.2, -0.15) is 0 Å². The van der Waals surface area contributed by atoms with E-state index >= 15 is 0 Å². The Hall–Kier alpha value is -1.49. The van der Waals surface area contributed by atoms with Crippen molar-refractivity contribution in [2.24, 2.45) is 0 Å². The molecule has 0 saturated carbocycles. The molecular formula is C14H18N4S. The molecule has 3 rings (SSSR count). The van der Waals surface area contributed by atoms with Crippen molar-refractivity contribution < 1.29 is 0 Å². The van der Waals surface area contributed by atoms with E-state index in [0.717, 1.165) is 41.6 Å². The maximum absolute atomic E-state index is 5.93. The van der Waals surface area contributed by atoms with Crippen LogP contribution in [-0.4, -0.2) is 14.8 Å². The summed E-state index contributed by atoms with van der Waals surface area (Å²) in [5.74, 6) is 3.09. The molecule has 100 valence electrons. The normalized spacial score (nSPS) is 14.4. The van der Waals surface area contributed by atoms with E-state index in [9.17, 15) is 0 Å². The van der Waals surface area contributed by atoms with Crippen molar-refractivity contribution >= 4 is 17.4 Å². The third-order valence-corrected chi connectivity index (χ3v) is 4.77. The minimum Gasteiger partial charge on any atom is -0.398 e. The highest BCUT2D eigenvalue weighted by Gasteiger charge is 2.15. The number of aromatic nitrogens is 3. The van der Waals surface area contributed by atoms with Gasteiger partial charge in [-0.05, 0) is 37.5 Å². The molecule has 1 aliphatic rings. The van der Waals surface area contributed by atoms with E-state index in [2.05, 4.69) is 27.8 Å². The first-order valence-electron chi connectivity index (χ1n) is 6.64. The summed E-state index contributed by atoms with van der Waals surface area (Å²) in [6, 6.07) is 6.06. The summed E-state index contributed by atoms with van der Waals surface area (Å²) in [6.07, 6.45) is 3.54. The van der Waals surface area contributed by atoms with Gasteiger partial charge in [-0.3, -0.25) is 0 Å². The fourth-order valence-electron chi connectivity index (χ4n) is 2.41. The Bertz CT molecular complexity index is 591. The van der Waals surface area contributed by atoms with Crippen LogP contribution in [-0.2, 0) is 18.7 Å². The molecule has 5 heteroatoms. The predicted molar refractivity (Wildman–Crippen MR) is 78.1 cm³/mol. The van der Waals surface area contributed by atoms with Gasteiger partial charge < -0.3 is 10.3 Å². The molecule has 2 heterocycles. The van der Waals surface area contributed by atoms with Gasteiger partial charge in [-0.1, -0.05) is 6.07 Å². The highest BCUT2D eigenvalue weighted by atomic mass is 32.2. The van der Waals surface area contributed by atoms with E-state index in [1.807, 2.05) is 12.1 Å². The van der Waals surface area contributed by atoms with Crippen molar-refractivity contribution in [3.63, 3.8) is 0 Å². The molecule has 1 aromatic carbocycles. The van der Waals surface area contributed by atoms with Crippen LogP contribution >= 0.6 is 11.8 Å². The minimum atomic E-state index is 0.855. The molecular weight excluding hydrogens is 256 g/mol. The Kier molecular flexibility index (Phi) is 3.46. The molecule has 1 aliphatic heterocycles. The van der Waals surface area contributed by atoms with E-state index < -0.39 is 0 Å². The SMILES string of the molecule is Cc1c(N)cccc1SCc1nnc2n1CCCC2. The third kappa shape index (κ3) is 2.47. The van der Waals surface area contributed by atoms with E-state index in [1.165, 1.54) is 17.7 Å². The van der Waals surface area contributed by atoms with Gasteiger partial charge in [-0.15, -0.1) is 22.0 Å². The fourth-order valence-corrected chi connectivity index (χ4v) is 3.41. The van der Waals surface area contributed by atoms with Gasteiger partial charge in [0.2, 0.25) is 0 Å². The molecule has 4 nitrogen and oxygen atoms in total. The number of nitrogens with two attached hydrogens (primary N) is 1. The molecule has 0 radical (unpaired) electrons. The monoisotopic (exact) mass is 274 g/mol. The Labute approximate surface area is 117 Å². The van der Waals surface area contributed by atoms with Crippen molar-refractivity contribution in [3.05, 3.63) is 35.4 Å². The molecule has 2 N–H and O–H groups in total. The van der Waals surface area contributed by atoms with Gasteiger partial charge in [0.05, 0.1) is 5.75 Å². The molecule has 0 spiro atoms. The first-order chi connectivity index (χ1) is 9.25. The highest BCUT2D eigenvalue weighted by molar-refractivity contribution is 7.98. The molecule has 19 heavy (non-hydrogen) atoms. The molecule has 0 aliphatic carbocycles. The molecule has 2 aromatic rings. The third-order valence-electron chi connectivity index (χ3n) is 3.62. The largest absolute Gasteiger partial charge is 0.398 e. The van der Waals surface area contributed by atoms with Gasteiger partial charge in [0.15, 0.2) is 0 Å². The smallest absolute Gasteiger partial charge is 0.143 e. The second-order valence-corrected chi connectivity index (χ2v) is 5.92. The number of benzene rings is 1. The van der Waals surface area contributed by atoms with E-state index in [1.54, 1.807) is 11.8 Å². The Morgan fingerprint density at radius 3 is 3.11 bits per heavy atom. The number of rotatable bonds is 3. The van der Waals surface area contributed by atoms with Gasteiger partial charge in [0, 0.05) is 23.5 Å². The average molecular weight is 274 g/mol. The van der Waals surface area contributed by atoms with Crippen LogP contribution in [0.1, 0.15) is 30.1 Å². The van der Waals surface area contributed by atoms with Gasteiger partial charge in [0.25, 0.3) is 0 Å². The summed E-state index contributed by atoms with van der Waals surface area (Å²) in [6.45, 7) is 3.13. The fraction of sp³-hybridized carbons (Fsp3) is 0.429. The van der Waals surface area contributed by atoms with E-state index in [0.29, 0.717) is 0 Å². The lowest BCUT2D eigenvalue weighted by Gasteiger charge is -2.14. The van der Waals surface area contributed by atoms with Crippen molar-refractivity contribution in [1.29, 1.82) is 0 Å². The zero-order valence-electron chi connectivity index (χ0n) is 11.1. The van der Waals surface area contributed by atoms with Crippen molar-refractivity contribution in [2.45, 2.75) is 43.4 Å². The quantitative estimate of drug-likeness (QED) is 0.690. The summed E-state index contributed by atoms with van der Waals surface area (Å²) >= 11 is 1.79. The van der Waals surface area contributed by atoms with Crippen LogP contribution in [0.5, 0.6) is 0 Å². The summed E-state index contributed by atoms with van der Waals surface area (Å²) in [4.78, 5) is 1.23. The number of aryl methyl sites for hydroxylation is 1. The Morgan fingerprint density at radius 1 is 1.32 bits per heavy atom. The Balaban J connectivity index is 1.76. The molecule has 0 atom stereocenters. The molecule has 1 aromatic heterocycles. The molecule has 0 unspecified atom stereocenters. The van der Waals surface area contributed by atoms with Gasteiger partial charge in [-0.25, -0.2) is 0 Å². The van der Waals surface area contributed by atoms with Crippen LogP contribution in [0, 0.1) is 6.92 Å². The molecule has 0 amide bonds. The first kappa shape index (κ1) is 12.5. The second-order valence-electron chi connectivity index (χ2n) is 4.90. The lowest BCUT2D eigenvalue weighted by Crippen LogP contribution is -2.12. The maximum atomic E-state index is 5.93. The summed E-state index contributed by atoms with van der Waals surface area (Å²) in [5.41, 5.74) is 7.95. The average Bonchev–Trinajstić information content (AvgIpc) is 2.84. The number of fused-ring (bicyclic) bond motifs is 1. The van der Waals surface area contributed by atoms with Crippen LogP contribution in [0.4, 0.5) is 5.69 Å².